The van der Waals surface area contributed by atoms with Gasteiger partial charge < -0.3 is 20.7 Å². The topological polar surface area (TPSA) is 102 Å². The van der Waals surface area contributed by atoms with Crippen molar-refractivity contribution in [2.75, 3.05) is 10.6 Å². The fraction of sp³-hybridized carbons (Fsp3) is 0.0278. The third-order valence-electron chi connectivity index (χ3n) is 7.48. The van der Waals surface area contributed by atoms with Crippen molar-refractivity contribution in [3.8, 4) is 5.75 Å². The van der Waals surface area contributed by atoms with E-state index in [-0.39, 0.29) is 17.0 Å². The van der Waals surface area contributed by atoms with Crippen molar-refractivity contribution in [2.45, 2.75) is 6.92 Å². The number of carbonyl (C=O) groups is 1. The number of aromatic hydroxyl groups is 1. The minimum absolute atomic E-state index is 0.110. The number of aromatic amines is 1. The summed E-state index contributed by atoms with van der Waals surface area (Å²) in [6.45, 7) is 2.05. The number of carbonyl (C=O) groups excluding carboxylic acids is 1. The summed E-state index contributed by atoms with van der Waals surface area (Å²) < 4.78 is 0. The molecule has 0 aliphatic rings. The number of nitrogens with zero attached hydrogens (tertiary/aromatic N) is 2. The molecule has 7 rings (SSSR count). The van der Waals surface area contributed by atoms with Crippen LogP contribution in [0.25, 0.3) is 32.6 Å². The van der Waals surface area contributed by atoms with Gasteiger partial charge in [-0.2, -0.15) is 5.11 Å². The van der Waals surface area contributed by atoms with Crippen molar-refractivity contribution in [2.24, 2.45) is 10.2 Å². The van der Waals surface area contributed by atoms with Crippen LogP contribution in [0.1, 0.15) is 15.9 Å². The zero-order valence-electron chi connectivity index (χ0n) is 23.3. The molecule has 0 aliphatic heterocycles. The number of nitrogens with one attached hydrogen (secondary N) is 3. The fourth-order valence-corrected chi connectivity index (χ4v) is 5.29. The number of benzene rings is 6. The molecule has 1 aromatic heterocycles. The van der Waals surface area contributed by atoms with E-state index in [2.05, 4.69) is 51.0 Å². The number of anilines is 3. The first-order valence-electron chi connectivity index (χ1n) is 13.9. The number of phenols is 1. The summed E-state index contributed by atoms with van der Waals surface area (Å²) in [6, 6.07) is 38.5. The second-order valence-corrected chi connectivity index (χ2v) is 10.4. The van der Waals surface area contributed by atoms with Gasteiger partial charge in [0.05, 0.1) is 16.8 Å². The lowest BCUT2D eigenvalue weighted by molar-refractivity contribution is 0.102. The number of aromatic nitrogens is 1. The van der Waals surface area contributed by atoms with Gasteiger partial charge in [-0.25, -0.2) is 0 Å². The van der Waals surface area contributed by atoms with E-state index in [1.165, 1.54) is 5.56 Å². The standard InChI is InChI=1S/C36H27N5O2/c1-22-11-14-25(15-12-22)37-26-16-18-27(19-17-26)40-41-34-32-23(13-20-29-28-9-5-6-10-31(28)39-33(29)32)21-30(35(34)42)36(43)38-24-7-3-2-4-8-24/h2-21,37,39,42H,1H3,(H,38,43). The summed E-state index contributed by atoms with van der Waals surface area (Å²) in [4.78, 5) is 16.8. The first kappa shape index (κ1) is 26.0. The Hall–Kier alpha value is -5.95. The van der Waals surface area contributed by atoms with Crippen molar-refractivity contribution >= 4 is 66.9 Å². The van der Waals surface area contributed by atoms with E-state index < -0.39 is 5.91 Å². The molecule has 0 unspecified atom stereocenters. The number of azo groups is 1. The molecule has 7 nitrogen and oxygen atoms in total. The zero-order chi connectivity index (χ0) is 29.3. The number of rotatable bonds is 6. The van der Waals surface area contributed by atoms with Crippen LogP contribution in [0.3, 0.4) is 0 Å². The van der Waals surface area contributed by atoms with E-state index in [0.717, 1.165) is 38.6 Å². The fourth-order valence-electron chi connectivity index (χ4n) is 5.29. The van der Waals surface area contributed by atoms with Gasteiger partial charge in [-0.05, 0) is 73.0 Å². The number of amides is 1. The Morgan fingerprint density at radius 1 is 0.721 bits per heavy atom. The predicted molar refractivity (Wildman–Crippen MR) is 174 cm³/mol. The molecule has 0 radical (unpaired) electrons. The highest BCUT2D eigenvalue weighted by Crippen LogP contribution is 2.44. The van der Waals surface area contributed by atoms with Crippen LogP contribution >= 0.6 is 0 Å². The Morgan fingerprint density at radius 3 is 2.19 bits per heavy atom. The molecule has 7 aromatic rings. The molecule has 0 saturated carbocycles. The summed E-state index contributed by atoms with van der Waals surface area (Å²) in [6.07, 6.45) is 0. The van der Waals surface area contributed by atoms with Crippen molar-refractivity contribution < 1.29 is 9.90 Å². The lowest BCUT2D eigenvalue weighted by Crippen LogP contribution is -2.12. The summed E-state index contributed by atoms with van der Waals surface area (Å²) >= 11 is 0. The average molecular weight is 562 g/mol. The molecule has 0 aliphatic carbocycles. The van der Waals surface area contributed by atoms with Crippen LogP contribution in [0.2, 0.25) is 0 Å². The van der Waals surface area contributed by atoms with Gasteiger partial charge in [-0.1, -0.05) is 66.2 Å². The maximum absolute atomic E-state index is 13.4. The van der Waals surface area contributed by atoms with E-state index in [9.17, 15) is 9.90 Å². The minimum atomic E-state index is -0.440. The number of para-hydroxylation sites is 2. The minimum Gasteiger partial charge on any atom is -0.505 e. The van der Waals surface area contributed by atoms with Gasteiger partial charge in [0.15, 0.2) is 5.75 Å². The number of hydrogen-bond acceptors (Lipinski definition) is 5. The smallest absolute Gasteiger partial charge is 0.259 e. The quantitative estimate of drug-likeness (QED) is 0.152. The van der Waals surface area contributed by atoms with Crippen LogP contribution in [0.4, 0.5) is 28.4 Å². The maximum Gasteiger partial charge on any atom is 0.259 e. The molecular weight excluding hydrogens is 534 g/mol. The average Bonchev–Trinajstić information content (AvgIpc) is 3.41. The molecular formula is C36H27N5O2. The Kier molecular flexibility index (Phi) is 6.52. The third-order valence-corrected chi connectivity index (χ3v) is 7.48. The largest absolute Gasteiger partial charge is 0.505 e. The molecule has 0 spiro atoms. The van der Waals surface area contributed by atoms with E-state index in [4.69, 9.17) is 0 Å². The summed E-state index contributed by atoms with van der Waals surface area (Å²) in [7, 11) is 0. The molecule has 0 atom stereocenters. The van der Waals surface area contributed by atoms with Crippen molar-refractivity contribution in [3.63, 3.8) is 0 Å². The maximum atomic E-state index is 13.4. The summed E-state index contributed by atoms with van der Waals surface area (Å²) in [5.41, 5.74) is 6.44. The molecule has 1 heterocycles. The number of aryl methyl sites for hydroxylation is 1. The van der Waals surface area contributed by atoms with Gasteiger partial charge in [-0.15, -0.1) is 5.11 Å². The van der Waals surface area contributed by atoms with Crippen LogP contribution in [0, 0.1) is 6.92 Å². The van der Waals surface area contributed by atoms with Gasteiger partial charge in [0.25, 0.3) is 5.91 Å². The van der Waals surface area contributed by atoms with Crippen LogP contribution in [-0.4, -0.2) is 16.0 Å². The SMILES string of the molecule is Cc1ccc(Nc2ccc(N=Nc3c(O)c(C(=O)Nc4ccccc4)cc4ccc5c6ccccc6[nH]c5c34)cc2)cc1. The molecule has 1 amide bonds. The summed E-state index contributed by atoms with van der Waals surface area (Å²) in [5.74, 6) is -0.682. The molecule has 43 heavy (non-hydrogen) atoms. The van der Waals surface area contributed by atoms with E-state index in [1.54, 1.807) is 18.2 Å². The molecule has 4 N–H and O–H groups in total. The zero-order valence-corrected chi connectivity index (χ0v) is 23.3. The predicted octanol–water partition coefficient (Wildman–Crippen LogP) is 9.90. The normalized spacial score (nSPS) is 11.5. The van der Waals surface area contributed by atoms with Gasteiger partial charge >= 0.3 is 0 Å². The number of H-pyrrole nitrogens is 1. The second kappa shape index (κ2) is 10.8. The van der Waals surface area contributed by atoms with Crippen molar-refractivity contribution in [1.82, 2.24) is 4.98 Å². The van der Waals surface area contributed by atoms with Gasteiger partial charge in [0.2, 0.25) is 0 Å². The Bertz CT molecular complexity index is 2150. The second-order valence-electron chi connectivity index (χ2n) is 10.4. The lowest BCUT2D eigenvalue weighted by Gasteiger charge is -2.12. The molecule has 0 fully saturated rings. The van der Waals surface area contributed by atoms with Crippen LogP contribution in [0.15, 0.2) is 132 Å². The van der Waals surface area contributed by atoms with Crippen molar-refractivity contribution in [1.29, 1.82) is 0 Å². The molecule has 0 bridgehead atoms. The van der Waals surface area contributed by atoms with Gasteiger partial charge in [-0.3, -0.25) is 4.79 Å². The first-order valence-corrected chi connectivity index (χ1v) is 13.9. The van der Waals surface area contributed by atoms with E-state index in [1.807, 2.05) is 84.9 Å². The van der Waals surface area contributed by atoms with Crippen LogP contribution in [-0.2, 0) is 0 Å². The number of hydrogen-bond donors (Lipinski definition) is 4. The molecule has 0 saturated heterocycles. The van der Waals surface area contributed by atoms with Crippen LogP contribution in [0.5, 0.6) is 5.75 Å². The summed E-state index contributed by atoms with van der Waals surface area (Å²) in [5, 5.41) is 30.3. The molecule has 6 aromatic carbocycles. The monoisotopic (exact) mass is 561 g/mol. The Labute approximate surface area is 247 Å². The highest BCUT2D eigenvalue weighted by atomic mass is 16.3. The Balaban J connectivity index is 1.31. The lowest BCUT2D eigenvalue weighted by atomic mass is 10.00. The number of fused-ring (bicyclic) bond motifs is 5. The van der Waals surface area contributed by atoms with Crippen molar-refractivity contribution in [3.05, 3.63) is 132 Å². The number of phenolic OH excluding ortho intramolecular Hbond substituents is 1. The first-order chi connectivity index (χ1) is 21.0. The van der Waals surface area contributed by atoms with E-state index in [0.29, 0.717) is 16.8 Å². The molecule has 7 heteroatoms. The van der Waals surface area contributed by atoms with Crippen LogP contribution < -0.4 is 10.6 Å². The highest BCUT2D eigenvalue weighted by Gasteiger charge is 2.21. The molecule has 208 valence electrons. The van der Waals surface area contributed by atoms with Gasteiger partial charge in [0, 0.05) is 38.7 Å². The third kappa shape index (κ3) is 5.04. The van der Waals surface area contributed by atoms with Gasteiger partial charge in [0.1, 0.15) is 5.69 Å². The Morgan fingerprint density at radius 2 is 1.42 bits per heavy atom. The van der Waals surface area contributed by atoms with E-state index >= 15 is 0 Å². The highest BCUT2D eigenvalue weighted by molar-refractivity contribution is 6.22.